The van der Waals surface area contributed by atoms with E-state index in [1.165, 1.54) is 45.2 Å². The molecule has 0 radical (unpaired) electrons. The number of urea groups is 1. The molecule has 0 aromatic carbocycles. The van der Waals surface area contributed by atoms with E-state index in [4.69, 9.17) is 0 Å². The van der Waals surface area contributed by atoms with Crippen molar-refractivity contribution in [2.45, 2.75) is 44.6 Å². The van der Waals surface area contributed by atoms with Gasteiger partial charge >= 0.3 is 6.03 Å². The summed E-state index contributed by atoms with van der Waals surface area (Å²) in [6.45, 7) is 7.61. The Bertz CT molecular complexity index is 319. The number of carbonyl (C=O) groups excluding carboxylic acids is 1. The van der Waals surface area contributed by atoms with E-state index in [1.807, 2.05) is 4.90 Å². The lowest BCUT2D eigenvalue weighted by atomic mass is 9.74. The van der Waals surface area contributed by atoms with Gasteiger partial charge in [-0.05, 0) is 58.0 Å². The molecular formula is C14H25N3O. The molecule has 0 saturated carbocycles. The molecule has 4 aliphatic rings. The Kier molecular flexibility index (Phi) is 3.22. The summed E-state index contributed by atoms with van der Waals surface area (Å²) in [5.74, 6) is 0.677. The fourth-order valence-corrected chi connectivity index (χ4v) is 3.88. The van der Waals surface area contributed by atoms with Crippen LogP contribution in [0.3, 0.4) is 0 Å². The van der Waals surface area contributed by atoms with E-state index in [0.29, 0.717) is 5.92 Å². The first-order valence-corrected chi connectivity index (χ1v) is 7.47. The second-order valence-electron chi connectivity index (χ2n) is 6.45. The number of nitrogens with zero attached hydrogens (tertiary/aromatic N) is 2. The highest BCUT2D eigenvalue weighted by atomic mass is 16.2. The average molecular weight is 251 g/mol. The van der Waals surface area contributed by atoms with E-state index in [1.54, 1.807) is 0 Å². The van der Waals surface area contributed by atoms with E-state index < -0.39 is 0 Å². The molecule has 0 aliphatic carbocycles. The Labute approximate surface area is 110 Å². The van der Waals surface area contributed by atoms with Crippen molar-refractivity contribution in [3.63, 3.8) is 0 Å². The summed E-state index contributed by atoms with van der Waals surface area (Å²) in [5, 5.41) is 3.34. The van der Waals surface area contributed by atoms with Crippen molar-refractivity contribution in [1.82, 2.24) is 15.1 Å². The molecule has 4 aliphatic heterocycles. The van der Waals surface area contributed by atoms with Crippen molar-refractivity contribution in [1.29, 1.82) is 0 Å². The first-order chi connectivity index (χ1) is 8.67. The lowest BCUT2D eigenvalue weighted by molar-refractivity contribution is 0.0194. The van der Waals surface area contributed by atoms with E-state index >= 15 is 0 Å². The van der Waals surface area contributed by atoms with Crippen LogP contribution in [-0.2, 0) is 0 Å². The zero-order chi connectivity index (χ0) is 12.6. The topological polar surface area (TPSA) is 35.6 Å². The molecule has 1 N–H and O–H groups in total. The van der Waals surface area contributed by atoms with Gasteiger partial charge in [-0.2, -0.15) is 0 Å². The molecular weight excluding hydrogens is 226 g/mol. The van der Waals surface area contributed by atoms with Gasteiger partial charge in [-0.3, -0.25) is 0 Å². The van der Waals surface area contributed by atoms with Crippen LogP contribution >= 0.6 is 0 Å². The monoisotopic (exact) mass is 251 g/mol. The molecule has 2 bridgehead atoms. The van der Waals surface area contributed by atoms with Crippen molar-refractivity contribution in [2.75, 3.05) is 32.7 Å². The summed E-state index contributed by atoms with van der Waals surface area (Å²) in [4.78, 5) is 16.8. The van der Waals surface area contributed by atoms with Crippen LogP contribution in [0.2, 0.25) is 0 Å². The van der Waals surface area contributed by atoms with Crippen LogP contribution in [0.25, 0.3) is 0 Å². The highest BCUT2D eigenvalue weighted by Gasteiger charge is 2.44. The van der Waals surface area contributed by atoms with Crippen LogP contribution < -0.4 is 5.32 Å². The minimum absolute atomic E-state index is 0.00499. The number of amides is 2. The van der Waals surface area contributed by atoms with Gasteiger partial charge in [-0.15, -0.1) is 0 Å². The third-order valence-electron chi connectivity index (χ3n) is 5.08. The largest absolute Gasteiger partial charge is 0.331 e. The Morgan fingerprint density at radius 1 is 1.11 bits per heavy atom. The third-order valence-corrected chi connectivity index (χ3v) is 5.08. The van der Waals surface area contributed by atoms with Gasteiger partial charge in [0.2, 0.25) is 0 Å². The van der Waals surface area contributed by atoms with Crippen LogP contribution in [0.4, 0.5) is 4.79 Å². The summed E-state index contributed by atoms with van der Waals surface area (Å²) >= 11 is 0. The molecule has 2 amide bonds. The van der Waals surface area contributed by atoms with Crippen molar-refractivity contribution in [3.8, 4) is 0 Å². The van der Waals surface area contributed by atoms with Crippen LogP contribution in [-0.4, -0.2) is 54.1 Å². The molecule has 4 saturated heterocycles. The molecule has 4 nitrogen and oxygen atoms in total. The summed E-state index contributed by atoms with van der Waals surface area (Å²) in [6, 6.07) is 0.172. The molecule has 1 atom stereocenters. The van der Waals surface area contributed by atoms with Gasteiger partial charge in [0.05, 0.1) is 5.54 Å². The minimum Gasteiger partial charge on any atom is -0.331 e. The van der Waals surface area contributed by atoms with Gasteiger partial charge in [0.1, 0.15) is 0 Å². The predicted molar refractivity (Wildman–Crippen MR) is 71.5 cm³/mol. The number of nitrogens with one attached hydrogen (secondary N) is 1. The number of hydrogen-bond acceptors (Lipinski definition) is 2. The van der Waals surface area contributed by atoms with Crippen LogP contribution in [0.15, 0.2) is 0 Å². The number of hydrogen-bond donors (Lipinski definition) is 1. The Morgan fingerprint density at radius 3 is 2.33 bits per heavy atom. The second-order valence-corrected chi connectivity index (χ2v) is 6.45. The Morgan fingerprint density at radius 2 is 1.78 bits per heavy atom. The van der Waals surface area contributed by atoms with E-state index in [9.17, 15) is 4.79 Å². The molecule has 4 heterocycles. The molecule has 0 spiro atoms. The van der Waals surface area contributed by atoms with Crippen molar-refractivity contribution in [3.05, 3.63) is 0 Å². The summed E-state index contributed by atoms with van der Waals surface area (Å²) < 4.78 is 0. The summed E-state index contributed by atoms with van der Waals surface area (Å²) in [7, 11) is 0. The van der Waals surface area contributed by atoms with Gasteiger partial charge in [-0.1, -0.05) is 0 Å². The first-order valence-electron chi connectivity index (χ1n) is 7.47. The maximum absolute atomic E-state index is 12.3. The number of fused-ring (bicyclic) bond motifs is 3. The standard InChI is InChI=1S/C14H25N3O/c1-14(11-16-9-5-12(14)6-10-16)15-13(18)17-7-3-2-4-8-17/h12H,2-11H2,1H3,(H,15,18). The molecule has 4 heteroatoms. The first kappa shape index (κ1) is 12.3. The zero-order valence-corrected chi connectivity index (χ0v) is 11.5. The number of carbonyl (C=O) groups is 1. The third kappa shape index (κ3) is 2.22. The molecule has 0 aromatic rings. The van der Waals surface area contributed by atoms with Crippen LogP contribution in [0.1, 0.15) is 39.0 Å². The number of rotatable bonds is 1. The molecule has 4 fully saturated rings. The number of likely N-dealkylation sites (tertiary alicyclic amines) is 1. The predicted octanol–water partition coefficient (Wildman–Crippen LogP) is 1.67. The number of piperidine rings is 4. The molecule has 1 unspecified atom stereocenters. The minimum atomic E-state index is 0.00499. The maximum atomic E-state index is 12.3. The lowest BCUT2D eigenvalue weighted by Gasteiger charge is -2.52. The van der Waals surface area contributed by atoms with Crippen molar-refractivity contribution >= 4 is 6.03 Å². The highest BCUT2D eigenvalue weighted by molar-refractivity contribution is 5.75. The normalized spacial score (nSPS) is 39.7. The maximum Gasteiger partial charge on any atom is 0.317 e. The van der Waals surface area contributed by atoms with Crippen molar-refractivity contribution in [2.24, 2.45) is 5.92 Å². The fourth-order valence-electron chi connectivity index (χ4n) is 3.88. The van der Waals surface area contributed by atoms with E-state index in [0.717, 1.165) is 19.6 Å². The SMILES string of the molecule is CC1(NC(=O)N2CCCCC2)CN2CCC1CC2. The molecule has 102 valence electrons. The smallest absolute Gasteiger partial charge is 0.317 e. The highest BCUT2D eigenvalue weighted by Crippen LogP contribution is 2.35. The molecule has 0 aromatic heterocycles. The lowest BCUT2D eigenvalue weighted by Crippen LogP contribution is -2.66. The van der Waals surface area contributed by atoms with Crippen LogP contribution in [0, 0.1) is 5.92 Å². The Hall–Kier alpha value is -0.770. The van der Waals surface area contributed by atoms with Gasteiger partial charge in [0, 0.05) is 19.6 Å². The van der Waals surface area contributed by atoms with Gasteiger partial charge in [-0.25, -0.2) is 4.79 Å². The average Bonchev–Trinajstić information content (AvgIpc) is 2.40. The van der Waals surface area contributed by atoms with E-state index in [2.05, 4.69) is 17.1 Å². The van der Waals surface area contributed by atoms with Gasteiger partial charge in [0.25, 0.3) is 0 Å². The summed E-state index contributed by atoms with van der Waals surface area (Å²) in [5.41, 5.74) is 0.00499. The quantitative estimate of drug-likeness (QED) is 0.769. The van der Waals surface area contributed by atoms with Crippen molar-refractivity contribution < 1.29 is 4.79 Å². The molecule has 4 rings (SSSR count). The zero-order valence-electron chi connectivity index (χ0n) is 11.5. The molecule has 18 heavy (non-hydrogen) atoms. The van der Waals surface area contributed by atoms with E-state index in [-0.39, 0.29) is 11.6 Å². The fraction of sp³-hybridized carbons (Fsp3) is 0.929. The Balaban J connectivity index is 1.62. The van der Waals surface area contributed by atoms with Gasteiger partial charge in [0.15, 0.2) is 0 Å². The van der Waals surface area contributed by atoms with Crippen LogP contribution in [0.5, 0.6) is 0 Å². The van der Waals surface area contributed by atoms with Gasteiger partial charge < -0.3 is 15.1 Å². The second kappa shape index (κ2) is 4.72. The summed E-state index contributed by atoms with van der Waals surface area (Å²) in [6.07, 6.45) is 6.10.